The van der Waals surface area contributed by atoms with Crippen LogP contribution in [0.5, 0.6) is 0 Å². The molecule has 1 aromatic heterocycles. The molecule has 0 aliphatic rings. The van der Waals surface area contributed by atoms with Crippen molar-refractivity contribution in [2.75, 3.05) is 49.8 Å². The lowest BCUT2D eigenvalue weighted by Crippen LogP contribution is -2.10. The Morgan fingerprint density at radius 2 is 2.00 bits per heavy atom. The van der Waals surface area contributed by atoms with Crippen LogP contribution in [0.2, 0.25) is 0 Å². The van der Waals surface area contributed by atoms with Crippen molar-refractivity contribution in [2.45, 2.75) is 18.5 Å². The molecule has 0 atom stereocenters. The second-order valence-corrected chi connectivity index (χ2v) is 4.55. The van der Waals surface area contributed by atoms with Crippen LogP contribution in [0.15, 0.2) is 11.2 Å². The Kier molecular flexibility index (Phi) is 8.28. The van der Waals surface area contributed by atoms with Gasteiger partial charge in [0.15, 0.2) is 5.16 Å². The molecule has 0 saturated carbocycles. The van der Waals surface area contributed by atoms with Crippen molar-refractivity contribution in [3.05, 3.63) is 6.07 Å². The van der Waals surface area contributed by atoms with E-state index in [0.717, 1.165) is 36.3 Å². The number of nitrogens with zero attached hydrogens (tertiary/aromatic N) is 2. The Morgan fingerprint density at radius 3 is 2.63 bits per heavy atom. The highest BCUT2D eigenvalue weighted by molar-refractivity contribution is 7.98. The lowest BCUT2D eigenvalue weighted by atomic mass is 10.4. The molecule has 3 N–H and O–H groups in total. The molecule has 0 bridgehead atoms. The predicted molar refractivity (Wildman–Crippen MR) is 79.0 cm³/mol. The zero-order valence-corrected chi connectivity index (χ0v) is 12.3. The molecule has 1 aromatic rings. The van der Waals surface area contributed by atoms with Gasteiger partial charge < -0.3 is 20.5 Å². The van der Waals surface area contributed by atoms with Crippen LogP contribution >= 0.6 is 11.8 Å². The molecule has 0 unspecified atom stereocenters. The number of thioether (sulfide) groups is 1. The van der Waals surface area contributed by atoms with E-state index in [1.807, 2.05) is 19.2 Å². The van der Waals surface area contributed by atoms with Crippen LogP contribution in [-0.4, -0.2) is 54.2 Å². The molecule has 0 aliphatic heterocycles. The van der Waals surface area contributed by atoms with Gasteiger partial charge in [-0.05, 0) is 19.6 Å². The van der Waals surface area contributed by atoms with Crippen LogP contribution in [0.1, 0.15) is 13.3 Å². The van der Waals surface area contributed by atoms with Crippen LogP contribution in [0.4, 0.5) is 11.6 Å². The molecular formula is C12H22N4O2S. The standard InChI is InChI=1S/C12H22N4O2S/c1-3-13-10-9-11(16-12(15-10)19-2)14-5-4-7-18-8-6-17/h9,17H,3-8H2,1-2H3,(H2,13,14,15,16). The summed E-state index contributed by atoms with van der Waals surface area (Å²) >= 11 is 1.52. The quantitative estimate of drug-likeness (QED) is 0.341. The molecule has 1 heterocycles. The Bertz CT molecular complexity index is 366. The number of aliphatic hydroxyl groups is 1. The average molecular weight is 286 g/mol. The van der Waals surface area contributed by atoms with E-state index in [1.54, 1.807) is 0 Å². The van der Waals surface area contributed by atoms with Crippen molar-refractivity contribution in [3.8, 4) is 0 Å². The second-order valence-electron chi connectivity index (χ2n) is 3.77. The molecular weight excluding hydrogens is 264 g/mol. The minimum atomic E-state index is 0.0719. The summed E-state index contributed by atoms with van der Waals surface area (Å²) in [6.07, 6.45) is 2.83. The number of ether oxygens (including phenoxy) is 1. The van der Waals surface area contributed by atoms with Gasteiger partial charge in [-0.15, -0.1) is 0 Å². The zero-order valence-electron chi connectivity index (χ0n) is 11.5. The highest BCUT2D eigenvalue weighted by atomic mass is 32.2. The normalized spacial score (nSPS) is 10.5. The van der Waals surface area contributed by atoms with Crippen LogP contribution in [-0.2, 0) is 4.74 Å². The lowest BCUT2D eigenvalue weighted by Gasteiger charge is -2.09. The van der Waals surface area contributed by atoms with E-state index in [4.69, 9.17) is 9.84 Å². The van der Waals surface area contributed by atoms with Crippen molar-refractivity contribution in [3.63, 3.8) is 0 Å². The number of nitrogens with one attached hydrogen (secondary N) is 2. The van der Waals surface area contributed by atoms with Gasteiger partial charge in [0.1, 0.15) is 11.6 Å². The van der Waals surface area contributed by atoms with Crippen molar-refractivity contribution < 1.29 is 9.84 Å². The lowest BCUT2D eigenvalue weighted by molar-refractivity contribution is 0.0922. The molecule has 0 saturated heterocycles. The average Bonchev–Trinajstić information content (AvgIpc) is 2.43. The van der Waals surface area contributed by atoms with Crippen molar-refractivity contribution >= 4 is 23.4 Å². The molecule has 0 radical (unpaired) electrons. The maximum absolute atomic E-state index is 8.57. The monoisotopic (exact) mass is 286 g/mol. The van der Waals surface area contributed by atoms with Gasteiger partial charge in [-0.25, -0.2) is 9.97 Å². The van der Waals surface area contributed by atoms with Gasteiger partial charge in [-0.2, -0.15) is 0 Å². The van der Waals surface area contributed by atoms with Gasteiger partial charge in [0.2, 0.25) is 0 Å². The molecule has 0 spiro atoms. The number of rotatable bonds is 10. The molecule has 6 nitrogen and oxygen atoms in total. The summed E-state index contributed by atoms with van der Waals surface area (Å²) in [5.41, 5.74) is 0. The molecule has 0 aromatic carbocycles. The molecule has 0 fully saturated rings. The molecule has 1 rings (SSSR count). The smallest absolute Gasteiger partial charge is 0.191 e. The van der Waals surface area contributed by atoms with Gasteiger partial charge in [0.25, 0.3) is 0 Å². The van der Waals surface area contributed by atoms with Crippen LogP contribution in [0, 0.1) is 0 Å². The SMILES string of the molecule is CCNc1cc(NCCCOCCO)nc(SC)n1. The van der Waals surface area contributed by atoms with Gasteiger partial charge in [0, 0.05) is 25.8 Å². The molecule has 0 amide bonds. The second kappa shape index (κ2) is 9.82. The minimum absolute atomic E-state index is 0.0719. The fourth-order valence-electron chi connectivity index (χ4n) is 1.44. The van der Waals surface area contributed by atoms with Gasteiger partial charge >= 0.3 is 0 Å². The van der Waals surface area contributed by atoms with Crippen molar-refractivity contribution in [1.82, 2.24) is 9.97 Å². The fourth-order valence-corrected chi connectivity index (χ4v) is 1.82. The van der Waals surface area contributed by atoms with Gasteiger partial charge in [-0.3, -0.25) is 0 Å². The van der Waals surface area contributed by atoms with E-state index in [9.17, 15) is 0 Å². The Balaban J connectivity index is 2.41. The number of aromatic nitrogens is 2. The van der Waals surface area contributed by atoms with Crippen LogP contribution in [0.25, 0.3) is 0 Å². The first-order valence-corrected chi connectivity index (χ1v) is 7.62. The van der Waals surface area contributed by atoms with Crippen molar-refractivity contribution in [2.24, 2.45) is 0 Å². The first-order chi connectivity index (χ1) is 9.30. The Hall–Kier alpha value is -1.05. The summed E-state index contributed by atoms with van der Waals surface area (Å²) in [7, 11) is 0. The van der Waals surface area contributed by atoms with E-state index in [0.29, 0.717) is 13.2 Å². The summed E-state index contributed by atoms with van der Waals surface area (Å²) in [5, 5.41) is 15.8. The number of anilines is 2. The molecule has 108 valence electrons. The third kappa shape index (κ3) is 6.60. The Morgan fingerprint density at radius 1 is 1.26 bits per heavy atom. The third-order valence-electron chi connectivity index (χ3n) is 2.25. The zero-order chi connectivity index (χ0) is 13.9. The molecule has 19 heavy (non-hydrogen) atoms. The minimum Gasteiger partial charge on any atom is -0.394 e. The van der Waals surface area contributed by atoms with E-state index in [-0.39, 0.29) is 6.61 Å². The Labute approximate surface area is 118 Å². The van der Waals surface area contributed by atoms with E-state index >= 15 is 0 Å². The number of aliphatic hydroxyl groups excluding tert-OH is 1. The number of hydrogen-bond donors (Lipinski definition) is 3. The van der Waals surface area contributed by atoms with Crippen LogP contribution in [0.3, 0.4) is 0 Å². The van der Waals surface area contributed by atoms with Gasteiger partial charge in [-0.1, -0.05) is 11.8 Å². The topological polar surface area (TPSA) is 79.3 Å². The summed E-state index contributed by atoms with van der Waals surface area (Å²) in [4.78, 5) is 8.75. The van der Waals surface area contributed by atoms with E-state index < -0.39 is 0 Å². The molecule has 0 aliphatic carbocycles. The maximum Gasteiger partial charge on any atom is 0.191 e. The highest BCUT2D eigenvalue weighted by Crippen LogP contribution is 2.17. The van der Waals surface area contributed by atoms with Gasteiger partial charge in [0.05, 0.1) is 13.2 Å². The van der Waals surface area contributed by atoms with Crippen molar-refractivity contribution in [1.29, 1.82) is 0 Å². The number of hydrogen-bond acceptors (Lipinski definition) is 7. The summed E-state index contributed by atoms with van der Waals surface area (Å²) in [6.45, 7) is 4.75. The molecule has 7 heteroatoms. The first-order valence-electron chi connectivity index (χ1n) is 6.39. The highest BCUT2D eigenvalue weighted by Gasteiger charge is 2.02. The van der Waals surface area contributed by atoms with E-state index in [2.05, 4.69) is 20.6 Å². The fraction of sp³-hybridized carbons (Fsp3) is 0.667. The van der Waals surface area contributed by atoms with Crippen LogP contribution < -0.4 is 10.6 Å². The third-order valence-corrected chi connectivity index (χ3v) is 2.80. The summed E-state index contributed by atoms with van der Waals surface area (Å²) in [6, 6.07) is 1.90. The first kappa shape index (κ1) is 16.0. The van der Waals surface area contributed by atoms with E-state index in [1.165, 1.54) is 11.8 Å². The summed E-state index contributed by atoms with van der Waals surface area (Å²) in [5.74, 6) is 1.65. The maximum atomic E-state index is 8.57. The summed E-state index contributed by atoms with van der Waals surface area (Å²) < 4.78 is 5.19. The largest absolute Gasteiger partial charge is 0.394 e. The predicted octanol–water partition coefficient (Wildman–Crippen LogP) is 1.44.